The Balaban J connectivity index is 2.25. The molecule has 0 aliphatic rings. The number of hydrogen-bond acceptors (Lipinski definition) is 2. The maximum absolute atomic E-state index is 4.68. The smallest absolute Gasteiger partial charge is 0.0448 e. The molecule has 0 amide bonds. The Kier molecular flexibility index (Phi) is 5.22. The van der Waals surface area contributed by atoms with Crippen molar-refractivity contribution in [3.63, 3.8) is 0 Å². The van der Waals surface area contributed by atoms with Crippen LogP contribution in [0.4, 0.5) is 0 Å². The predicted octanol–water partition coefficient (Wildman–Crippen LogP) is 4.90. The van der Waals surface area contributed by atoms with Gasteiger partial charge in [-0.05, 0) is 55.7 Å². The van der Waals surface area contributed by atoms with Crippen molar-refractivity contribution in [1.82, 2.24) is 4.98 Å². The third-order valence-corrected chi connectivity index (χ3v) is 3.22. The molecular formula is C19H20N2. The second-order valence-electron chi connectivity index (χ2n) is 4.83. The highest BCUT2D eigenvalue weighted by atomic mass is 14.7. The molecule has 0 N–H and O–H groups in total. The fourth-order valence-electron chi connectivity index (χ4n) is 2.14. The van der Waals surface area contributed by atoms with E-state index in [2.05, 4.69) is 34.3 Å². The van der Waals surface area contributed by atoms with Gasteiger partial charge in [-0.25, -0.2) is 0 Å². The molecule has 0 saturated carbocycles. The summed E-state index contributed by atoms with van der Waals surface area (Å²) in [6.45, 7) is 6.10. The molecule has 0 spiro atoms. The summed E-state index contributed by atoms with van der Waals surface area (Å²) in [7, 11) is 0. The Morgan fingerprint density at radius 2 is 1.62 bits per heavy atom. The van der Waals surface area contributed by atoms with E-state index in [1.165, 1.54) is 0 Å². The molecule has 21 heavy (non-hydrogen) atoms. The van der Waals surface area contributed by atoms with Gasteiger partial charge in [0.25, 0.3) is 0 Å². The Hall–Kier alpha value is -2.48. The average Bonchev–Trinajstić information content (AvgIpc) is 2.54. The fraction of sp³-hybridized carbons (Fsp3) is 0.158. The van der Waals surface area contributed by atoms with Crippen LogP contribution in [0.2, 0.25) is 0 Å². The van der Waals surface area contributed by atoms with Crippen LogP contribution in [0.5, 0.6) is 0 Å². The first kappa shape index (κ1) is 14.9. The van der Waals surface area contributed by atoms with Crippen LogP contribution in [0.15, 0.2) is 77.7 Å². The van der Waals surface area contributed by atoms with Crippen LogP contribution in [0.25, 0.3) is 5.57 Å². The molecule has 0 aliphatic carbocycles. The Morgan fingerprint density at radius 1 is 0.952 bits per heavy atom. The van der Waals surface area contributed by atoms with Crippen LogP contribution in [0, 0.1) is 0 Å². The van der Waals surface area contributed by atoms with Crippen LogP contribution in [-0.2, 0) is 0 Å². The Morgan fingerprint density at radius 3 is 2.24 bits per heavy atom. The van der Waals surface area contributed by atoms with Crippen molar-refractivity contribution in [3.05, 3.63) is 83.8 Å². The lowest BCUT2D eigenvalue weighted by atomic mass is 10.1. The lowest BCUT2D eigenvalue weighted by Crippen LogP contribution is -1.94. The van der Waals surface area contributed by atoms with Crippen molar-refractivity contribution < 1.29 is 0 Å². The molecule has 0 radical (unpaired) electrons. The number of aliphatic imine (C=N–C) groups is 1. The minimum Gasteiger partial charge on any atom is -0.265 e. The SMILES string of the molecule is C/C=C(\C=C(\C)N=C(C)c1ccccc1)c1ccncc1. The van der Waals surface area contributed by atoms with Crippen molar-refractivity contribution in [2.24, 2.45) is 4.99 Å². The van der Waals surface area contributed by atoms with Gasteiger partial charge >= 0.3 is 0 Å². The molecule has 0 bridgehead atoms. The third kappa shape index (κ3) is 4.25. The third-order valence-electron chi connectivity index (χ3n) is 3.22. The molecule has 106 valence electrons. The lowest BCUT2D eigenvalue weighted by Gasteiger charge is -2.04. The number of benzene rings is 1. The summed E-state index contributed by atoms with van der Waals surface area (Å²) in [5.41, 5.74) is 5.46. The van der Waals surface area contributed by atoms with E-state index in [1.807, 2.05) is 51.1 Å². The van der Waals surface area contributed by atoms with Gasteiger partial charge in [-0.3, -0.25) is 9.98 Å². The number of allylic oxidation sites excluding steroid dienone is 4. The highest BCUT2D eigenvalue weighted by Crippen LogP contribution is 2.17. The van der Waals surface area contributed by atoms with Crippen molar-refractivity contribution in [2.45, 2.75) is 20.8 Å². The van der Waals surface area contributed by atoms with E-state index < -0.39 is 0 Å². The zero-order chi connectivity index (χ0) is 15.1. The van der Waals surface area contributed by atoms with Gasteiger partial charge < -0.3 is 0 Å². The highest BCUT2D eigenvalue weighted by Gasteiger charge is 1.99. The van der Waals surface area contributed by atoms with Crippen molar-refractivity contribution in [1.29, 1.82) is 0 Å². The van der Waals surface area contributed by atoms with Gasteiger partial charge in [0.2, 0.25) is 0 Å². The summed E-state index contributed by atoms with van der Waals surface area (Å²) in [5, 5.41) is 0. The Labute approximate surface area is 126 Å². The normalized spacial score (nSPS) is 13.4. The standard InChI is InChI=1S/C19H20N2/c1-4-17(19-10-12-20-13-11-19)14-15(2)21-16(3)18-8-6-5-7-9-18/h4-14H,1-3H3/b15-14-,17-4+,21-16?. The largest absolute Gasteiger partial charge is 0.265 e. The number of hydrogen-bond donors (Lipinski definition) is 0. The Bertz CT molecular complexity index is 665. The first-order valence-electron chi connectivity index (χ1n) is 7.06. The molecule has 0 atom stereocenters. The maximum Gasteiger partial charge on any atom is 0.0448 e. The highest BCUT2D eigenvalue weighted by molar-refractivity contribution is 5.99. The second kappa shape index (κ2) is 7.34. The maximum atomic E-state index is 4.68. The molecule has 1 heterocycles. The summed E-state index contributed by atoms with van der Waals surface area (Å²) in [6, 6.07) is 14.2. The van der Waals surface area contributed by atoms with Crippen LogP contribution in [0.3, 0.4) is 0 Å². The number of nitrogens with zero attached hydrogens (tertiary/aromatic N) is 2. The monoisotopic (exact) mass is 276 g/mol. The van der Waals surface area contributed by atoms with E-state index in [4.69, 9.17) is 0 Å². The van der Waals surface area contributed by atoms with E-state index in [0.717, 1.165) is 28.1 Å². The van der Waals surface area contributed by atoms with E-state index in [1.54, 1.807) is 12.4 Å². The topological polar surface area (TPSA) is 25.2 Å². The predicted molar refractivity (Wildman–Crippen MR) is 90.3 cm³/mol. The minimum atomic E-state index is 0.987. The van der Waals surface area contributed by atoms with Crippen LogP contribution >= 0.6 is 0 Å². The van der Waals surface area contributed by atoms with Crippen LogP contribution < -0.4 is 0 Å². The minimum absolute atomic E-state index is 0.987. The molecule has 2 nitrogen and oxygen atoms in total. The number of rotatable bonds is 4. The second-order valence-corrected chi connectivity index (χ2v) is 4.83. The number of aromatic nitrogens is 1. The summed E-state index contributed by atoms with van der Waals surface area (Å²) in [5.74, 6) is 0. The lowest BCUT2D eigenvalue weighted by molar-refractivity contribution is 1.28. The van der Waals surface area contributed by atoms with Crippen LogP contribution in [0.1, 0.15) is 31.9 Å². The molecule has 2 rings (SSSR count). The van der Waals surface area contributed by atoms with E-state index in [9.17, 15) is 0 Å². The average molecular weight is 276 g/mol. The molecule has 0 saturated heterocycles. The molecule has 0 aliphatic heterocycles. The molecule has 2 aromatic rings. The van der Waals surface area contributed by atoms with Gasteiger partial charge in [0.1, 0.15) is 0 Å². The molecule has 0 fully saturated rings. The molecule has 1 aromatic carbocycles. The summed E-state index contributed by atoms with van der Waals surface area (Å²) in [6.07, 6.45) is 7.80. The van der Waals surface area contributed by atoms with Gasteiger partial charge in [-0.2, -0.15) is 0 Å². The molecule has 0 unspecified atom stereocenters. The number of pyridine rings is 1. The summed E-state index contributed by atoms with van der Waals surface area (Å²) >= 11 is 0. The van der Waals surface area contributed by atoms with E-state index in [0.29, 0.717) is 0 Å². The molecule has 2 heteroatoms. The van der Waals surface area contributed by atoms with E-state index in [-0.39, 0.29) is 0 Å². The zero-order valence-electron chi connectivity index (χ0n) is 12.7. The first-order chi connectivity index (χ1) is 10.2. The van der Waals surface area contributed by atoms with Gasteiger partial charge in [0, 0.05) is 23.8 Å². The van der Waals surface area contributed by atoms with Crippen LogP contribution in [-0.4, -0.2) is 10.7 Å². The molecular weight excluding hydrogens is 256 g/mol. The zero-order valence-corrected chi connectivity index (χ0v) is 12.7. The van der Waals surface area contributed by atoms with Gasteiger partial charge in [0.15, 0.2) is 0 Å². The van der Waals surface area contributed by atoms with Crippen molar-refractivity contribution in [3.8, 4) is 0 Å². The summed E-state index contributed by atoms with van der Waals surface area (Å²) in [4.78, 5) is 8.74. The van der Waals surface area contributed by atoms with Gasteiger partial charge in [-0.1, -0.05) is 36.4 Å². The quantitative estimate of drug-likeness (QED) is 0.576. The van der Waals surface area contributed by atoms with Crippen molar-refractivity contribution in [2.75, 3.05) is 0 Å². The fourth-order valence-corrected chi connectivity index (χ4v) is 2.14. The summed E-state index contributed by atoms with van der Waals surface area (Å²) < 4.78 is 0. The van der Waals surface area contributed by atoms with Gasteiger partial charge in [-0.15, -0.1) is 0 Å². The molecule has 1 aromatic heterocycles. The van der Waals surface area contributed by atoms with Gasteiger partial charge in [0.05, 0.1) is 0 Å². The van der Waals surface area contributed by atoms with Crippen molar-refractivity contribution >= 4 is 11.3 Å². The van der Waals surface area contributed by atoms with E-state index >= 15 is 0 Å². The first-order valence-corrected chi connectivity index (χ1v) is 7.06.